The summed E-state index contributed by atoms with van der Waals surface area (Å²) in [6.07, 6.45) is 1.14. The Morgan fingerprint density at radius 2 is 2.05 bits per heavy atom. The maximum absolute atomic E-state index is 12.2. The summed E-state index contributed by atoms with van der Waals surface area (Å²) in [7, 11) is -1.30. The van der Waals surface area contributed by atoms with Gasteiger partial charge in [0, 0.05) is 19.1 Å². The number of carbonyl (C=O) groups excluding carboxylic acids is 1. The zero-order valence-corrected chi connectivity index (χ0v) is 13.6. The fourth-order valence-corrected chi connectivity index (χ4v) is 4.17. The third-order valence-corrected chi connectivity index (χ3v) is 5.78. The number of nitrogens with one attached hydrogen (secondary N) is 1. The van der Waals surface area contributed by atoms with Crippen LogP contribution in [0.1, 0.15) is 18.9 Å². The van der Waals surface area contributed by atoms with Crippen LogP contribution in [-0.2, 0) is 16.3 Å². The fourth-order valence-electron chi connectivity index (χ4n) is 2.50. The third-order valence-electron chi connectivity index (χ3n) is 4.01. The van der Waals surface area contributed by atoms with Crippen LogP contribution < -0.4 is 5.32 Å². The number of carbonyl (C=O) groups is 1. The van der Waals surface area contributed by atoms with Crippen LogP contribution in [0.3, 0.4) is 0 Å². The van der Waals surface area contributed by atoms with Crippen LogP contribution in [0.2, 0.25) is 0 Å². The highest BCUT2D eigenvalue weighted by molar-refractivity contribution is 7.91. The zero-order chi connectivity index (χ0) is 16.3. The summed E-state index contributed by atoms with van der Waals surface area (Å²) in [5, 5.41) is 12.0. The fraction of sp³-hybridized carbons (Fsp3) is 0.533. The van der Waals surface area contributed by atoms with Crippen LogP contribution in [0.4, 0.5) is 4.79 Å². The van der Waals surface area contributed by atoms with E-state index in [1.165, 1.54) is 0 Å². The van der Waals surface area contributed by atoms with Crippen molar-refractivity contribution in [1.82, 2.24) is 10.2 Å². The number of phenols is 1. The van der Waals surface area contributed by atoms with E-state index in [1.54, 1.807) is 24.1 Å². The molecule has 22 heavy (non-hydrogen) atoms. The number of aromatic hydroxyl groups is 1. The molecule has 1 aliphatic rings. The predicted molar refractivity (Wildman–Crippen MR) is 84.6 cm³/mol. The highest BCUT2D eigenvalue weighted by Gasteiger charge is 2.30. The van der Waals surface area contributed by atoms with Gasteiger partial charge in [0.05, 0.1) is 11.5 Å². The van der Waals surface area contributed by atoms with Crippen LogP contribution in [-0.4, -0.2) is 55.1 Å². The summed E-state index contributed by atoms with van der Waals surface area (Å²) >= 11 is 0. The predicted octanol–water partition coefficient (Wildman–Crippen LogP) is 1.15. The van der Waals surface area contributed by atoms with Gasteiger partial charge in [0.25, 0.3) is 0 Å². The molecule has 0 spiro atoms. The van der Waals surface area contributed by atoms with Crippen molar-refractivity contribution in [1.29, 1.82) is 0 Å². The second-order valence-electron chi connectivity index (χ2n) is 5.88. The lowest BCUT2D eigenvalue weighted by molar-refractivity contribution is 0.190. The Kier molecular flexibility index (Phi) is 4.95. The van der Waals surface area contributed by atoms with Gasteiger partial charge in [-0.3, -0.25) is 0 Å². The first-order valence-electron chi connectivity index (χ1n) is 7.28. The van der Waals surface area contributed by atoms with Crippen molar-refractivity contribution < 1.29 is 18.3 Å². The summed E-state index contributed by atoms with van der Waals surface area (Å²) in [5.74, 6) is 0.383. The lowest BCUT2D eigenvalue weighted by Crippen LogP contribution is -2.47. The molecular weight excluding hydrogens is 304 g/mol. The molecule has 1 aliphatic heterocycles. The van der Waals surface area contributed by atoms with E-state index < -0.39 is 9.84 Å². The number of likely N-dealkylation sites (N-methyl/N-ethyl adjacent to an activating group) is 1. The SMILES string of the molecule is CC(Cc1ccc(O)cc1)N(C)C(=O)NC1CCS(=O)(=O)C1. The lowest BCUT2D eigenvalue weighted by atomic mass is 10.1. The Morgan fingerprint density at radius 3 is 2.59 bits per heavy atom. The maximum atomic E-state index is 12.2. The Hall–Kier alpha value is -1.76. The highest BCUT2D eigenvalue weighted by atomic mass is 32.2. The standard InChI is InChI=1S/C15H22N2O4S/c1-11(9-12-3-5-14(18)6-4-12)17(2)15(19)16-13-7-8-22(20,21)10-13/h3-6,11,13,18H,7-10H2,1-2H3,(H,16,19). The molecule has 0 aromatic heterocycles. The van der Waals surface area contributed by atoms with Crippen molar-refractivity contribution in [3.63, 3.8) is 0 Å². The molecular formula is C15H22N2O4S. The number of amides is 2. The molecule has 0 radical (unpaired) electrons. The molecule has 1 aromatic carbocycles. The van der Waals surface area contributed by atoms with Crippen LogP contribution in [0.25, 0.3) is 0 Å². The molecule has 0 bridgehead atoms. The molecule has 1 heterocycles. The molecule has 2 N–H and O–H groups in total. The Bertz CT molecular complexity index is 627. The van der Waals surface area contributed by atoms with E-state index in [1.807, 2.05) is 19.1 Å². The first kappa shape index (κ1) is 16.6. The second kappa shape index (κ2) is 6.56. The number of nitrogens with zero attached hydrogens (tertiary/aromatic N) is 1. The van der Waals surface area contributed by atoms with E-state index in [2.05, 4.69) is 5.32 Å². The van der Waals surface area contributed by atoms with Gasteiger partial charge in [0.1, 0.15) is 5.75 Å². The molecule has 2 unspecified atom stereocenters. The van der Waals surface area contributed by atoms with Crippen LogP contribution >= 0.6 is 0 Å². The molecule has 2 atom stereocenters. The summed E-state index contributed by atoms with van der Waals surface area (Å²) in [6.45, 7) is 1.93. The minimum absolute atomic E-state index is 0.0267. The number of hydrogen-bond donors (Lipinski definition) is 2. The average molecular weight is 326 g/mol. The first-order valence-corrected chi connectivity index (χ1v) is 9.10. The summed E-state index contributed by atoms with van der Waals surface area (Å²) < 4.78 is 22.8. The van der Waals surface area contributed by atoms with E-state index >= 15 is 0 Å². The summed E-state index contributed by atoms with van der Waals surface area (Å²) in [5.41, 5.74) is 1.02. The highest BCUT2D eigenvalue weighted by Crippen LogP contribution is 2.14. The van der Waals surface area contributed by atoms with E-state index in [0.29, 0.717) is 12.8 Å². The quantitative estimate of drug-likeness (QED) is 0.869. The number of sulfone groups is 1. The van der Waals surface area contributed by atoms with Crippen LogP contribution in [0.5, 0.6) is 5.75 Å². The van der Waals surface area contributed by atoms with Crippen molar-refractivity contribution in [2.24, 2.45) is 0 Å². The zero-order valence-electron chi connectivity index (χ0n) is 12.8. The molecule has 1 aromatic rings. The minimum atomic E-state index is -3.00. The monoisotopic (exact) mass is 326 g/mol. The van der Waals surface area contributed by atoms with Gasteiger partial charge in [0.15, 0.2) is 9.84 Å². The number of hydrogen-bond acceptors (Lipinski definition) is 4. The molecule has 1 fully saturated rings. The number of urea groups is 1. The van der Waals surface area contributed by atoms with Gasteiger partial charge in [-0.25, -0.2) is 13.2 Å². The second-order valence-corrected chi connectivity index (χ2v) is 8.11. The van der Waals surface area contributed by atoms with Crippen molar-refractivity contribution >= 4 is 15.9 Å². The van der Waals surface area contributed by atoms with Gasteiger partial charge in [-0.05, 0) is 37.5 Å². The Morgan fingerprint density at radius 1 is 1.41 bits per heavy atom. The van der Waals surface area contributed by atoms with Crippen molar-refractivity contribution in [2.75, 3.05) is 18.6 Å². The lowest BCUT2D eigenvalue weighted by Gasteiger charge is -2.26. The van der Waals surface area contributed by atoms with E-state index in [4.69, 9.17) is 0 Å². The van der Waals surface area contributed by atoms with Crippen molar-refractivity contribution in [2.45, 2.75) is 31.8 Å². The van der Waals surface area contributed by atoms with Gasteiger partial charge in [-0.15, -0.1) is 0 Å². The number of rotatable bonds is 4. The molecule has 7 heteroatoms. The van der Waals surface area contributed by atoms with E-state index in [-0.39, 0.29) is 35.4 Å². The molecule has 122 valence electrons. The van der Waals surface area contributed by atoms with Gasteiger partial charge in [-0.2, -0.15) is 0 Å². The maximum Gasteiger partial charge on any atom is 0.317 e. The average Bonchev–Trinajstić information content (AvgIpc) is 2.79. The van der Waals surface area contributed by atoms with Gasteiger partial charge >= 0.3 is 6.03 Å². The van der Waals surface area contributed by atoms with Gasteiger partial charge in [-0.1, -0.05) is 12.1 Å². The third kappa shape index (κ3) is 4.37. The van der Waals surface area contributed by atoms with Crippen LogP contribution in [0, 0.1) is 0 Å². The van der Waals surface area contributed by atoms with E-state index in [0.717, 1.165) is 5.56 Å². The molecule has 0 saturated carbocycles. The van der Waals surface area contributed by atoms with Gasteiger partial charge in [0.2, 0.25) is 0 Å². The Balaban J connectivity index is 1.88. The van der Waals surface area contributed by atoms with Gasteiger partial charge < -0.3 is 15.3 Å². The van der Waals surface area contributed by atoms with Crippen molar-refractivity contribution in [3.05, 3.63) is 29.8 Å². The molecule has 2 rings (SSSR count). The Labute approximate surface area is 131 Å². The minimum Gasteiger partial charge on any atom is -0.508 e. The topological polar surface area (TPSA) is 86.7 Å². The largest absolute Gasteiger partial charge is 0.508 e. The van der Waals surface area contributed by atoms with E-state index in [9.17, 15) is 18.3 Å². The van der Waals surface area contributed by atoms with Crippen LogP contribution in [0.15, 0.2) is 24.3 Å². The normalized spacial score (nSPS) is 21.3. The molecule has 1 saturated heterocycles. The summed E-state index contributed by atoms with van der Waals surface area (Å²) in [6, 6.07) is 6.29. The first-order chi connectivity index (χ1) is 10.3. The molecule has 0 aliphatic carbocycles. The summed E-state index contributed by atoms with van der Waals surface area (Å²) in [4.78, 5) is 13.8. The molecule has 2 amide bonds. The smallest absolute Gasteiger partial charge is 0.317 e. The molecule has 6 nitrogen and oxygen atoms in total. The van der Waals surface area contributed by atoms with Crippen molar-refractivity contribution in [3.8, 4) is 5.75 Å². The number of benzene rings is 1. The number of phenolic OH excluding ortho intramolecular Hbond substituents is 1.